The lowest BCUT2D eigenvalue weighted by Crippen LogP contribution is -2.43. The number of esters is 1. The molecule has 0 aliphatic carbocycles. The summed E-state index contributed by atoms with van der Waals surface area (Å²) >= 11 is 0. The molecule has 1 aromatic rings. The molecule has 0 aliphatic rings. The second-order valence-corrected chi connectivity index (χ2v) is 5.24. The zero-order valence-corrected chi connectivity index (χ0v) is 13.3. The van der Waals surface area contributed by atoms with E-state index in [0.717, 1.165) is 5.56 Å². The first kappa shape index (κ1) is 17.2. The number of carbonyl (C=O) groups is 2. The molecule has 1 aromatic carbocycles. The van der Waals surface area contributed by atoms with Gasteiger partial charge in [-0.15, -0.1) is 0 Å². The number of amides is 1. The molecule has 21 heavy (non-hydrogen) atoms. The molecule has 1 amide bonds. The Kier molecular flexibility index (Phi) is 6.92. The van der Waals surface area contributed by atoms with Crippen LogP contribution in [0.4, 0.5) is 0 Å². The minimum absolute atomic E-state index is 0.00761. The lowest BCUT2D eigenvalue weighted by molar-refractivity contribution is -0.150. The lowest BCUT2D eigenvalue weighted by Gasteiger charge is -2.29. The van der Waals surface area contributed by atoms with E-state index in [1.165, 1.54) is 0 Å². The van der Waals surface area contributed by atoms with Crippen molar-refractivity contribution < 1.29 is 14.3 Å². The summed E-state index contributed by atoms with van der Waals surface area (Å²) in [6.07, 6.45) is 0.703. The summed E-state index contributed by atoms with van der Waals surface area (Å²) < 4.78 is 4.96. The van der Waals surface area contributed by atoms with Crippen LogP contribution in [0.3, 0.4) is 0 Å². The fourth-order valence-electron chi connectivity index (χ4n) is 2.30. The summed E-state index contributed by atoms with van der Waals surface area (Å²) in [5, 5.41) is 0. The molecule has 4 heteroatoms. The van der Waals surface area contributed by atoms with Crippen LogP contribution in [0, 0.1) is 0 Å². The summed E-state index contributed by atoms with van der Waals surface area (Å²) in [5.41, 5.74) is 0.986. The van der Waals surface area contributed by atoms with Gasteiger partial charge in [0.2, 0.25) is 5.91 Å². The largest absolute Gasteiger partial charge is 0.465 e. The van der Waals surface area contributed by atoms with Crippen LogP contribution in [0.2, 0.25) is 0 Å². The summed E-state index contributed by atoms with van der Waals surface area (Å²) in [6.45, 7) is 7.91. The normalized spacial score (nSPS) is 12.0. The molecule has 1 rings (SSSR count). The fraction of sp³-hybridized carbons (Fsp3) is 0.529. The van der Waals surface area contributed by atoms with Gasteiger partial charge in [0, 0.05) is 6.04 Å². The van der Waals surface area contributed by atoms with E-state index in [2.05, 4.69) is 0 Å². The molecular weight excluding hydrogens is 266 g/mol. The first-order chi connectivity index (χ1) is 10.0. The number of nitrogens with zero attached hydrogens (tertiary/aromatic N) is 1. The maximum Gasteiger partial charge on any atom is 0.325 e. The Morgan fingerprint density at radius 1 is 1.14 bits per heavy atom. The summed E-state index contributed by atoms with van der Waals surface area (Å²) in [7, 11) is 0. The smallest absolute Gasteiger partial charge is 0.325 e. The van der Waals surface area contributed by atoms with Crippen LogP contribution in [0.25, 0.3) is 0 Å². The van der Waals surface area contributed by atoms with Gasteiger partial charge in [-0.1, -0.05) is 37.3 Å². The number of hydrogen-bond donors (Lipinski definition) is 0. The van der Waals surface area contributed by atoms with Gasteiger partial charge in [0.25, 0.3) is 0 Å². The predicted molar refractivity (Wildman–Crippen MR) is 83.0 cm³/mol. The van der Waals surface area contributed by atoms with E-state index in [1.54, 1.807) is 11.8 Å². The Balaban J connectivity index is 2.90. The number of benzene rings is 1. The third-order valence-electron chi connectivity index (χ3n) is 3.42. The Bertz CT molecular complexity index is 456. The molecule has 0 saturated carbocycles. The molecule has 0 fully saturated rings. The van der Waals surface area contributed by atoms with Crippen LogP contribution in [0.15, 0.2) is 30.3 Å². The Morgan fingerprint density at radius 2 is 1.76 bits per heavy atom. The Labute approximate surface area is 127 Å². The van der Waals surface area contributed by atoms with E-state index >= 15 is 0 Å². The number of hydrogen-bond acceptors (Lipinski definition) is 3. The second kappa shape index (κ2) is 8.45. The topological polar surface area (TPSA) is 46.6 Å². The van der Waals surface area contributed by atoms with Crippen molar-refractivity contribution in [3.8, 4) is 0 Å². The van der Waals surface area contributed by atoms with Gasteiger partial charge in [-0.3, -0.25) is 9.59 Å². The van der Waals surface area contributed by atoms with Crippen molar-refractivity contribution >= 4 is 11.9 Å². The Hall–Kier alpha value is -1.84. The number of ether oxygens (including phenoxy) is 1. The standard InChI is InChI=1S/C17H25NO3/c1-5-15(14-10-8-7-9-11-14)17(20)18(13(3)4)12-16(19)21-6-2/h7-11,13,15H,5-6,12H2,1-4H3. The highest BCUT2D eigenvalue weighted by Crippen LogP contribution is 2.23. The maximum absolute atomic E-state index is 12.8. The molecule has 0 N–H and O–H groups in total. The monoisotopic (exact) mass is 291 g/mol. The highest BCUT2D eigenvalue weighted by atomic mass is 16.5. The molecule has 4 nitrogen and oxygen atoms in total. The van der Waals surface area contributed by atoms with Crippen LogP contribution in [0.1, 0.15) is 45.6 Å². The fourth-order valence-corrected chi connectivity index (χ4v) is 2.30. The molecule has 1 atom stereocenters. The molecule has 0 aliphatic heterocycles. The average molecular weight is 291 g/mol. The van der Waals surface area contributed by atoms with Crippen LogP contribution in [-0.2, 0) is 14.3 Å². The molecule has 0 aromatic heterocycles. The van der Waals surface area contributed by atoms with Crippen molar-refractivity contribution in [2.24, 2.45) is 0 Å². The van der Waals surface area contributed by atoms with E-state index in [9.17, 15) is 9.59 Å². The van der Waals surface area contributed by atoms with Gasteiger partial charge < -0.3 is 9.64 Å². The minimum atomic E-state index is -0.359. The molecule has 1 unspecified atom stereocenters. The van der Waals surface area contributed by atoms with Crippen molar-refractivity contribution in [3.63, 3.8) is 0 Å². The molecule has 0 bridgehead atoms. The molecular formula is C17H25NO3. The Morgan fingerprint density at radius 3 is 2.24 bits per heavy atom. The van der Waals surface area contributed by atoms with Crippen molar-refractivity contribution in [2.75, 3.05) is 13.2 Å². The molecule has 0 saturated heterocycles. The van der Waals surface area contributed by atoms with Crippen molar-refractivity contribution in [2.45, 2.75) is 46.1 Å². The highest BCUT2D eigenvalue weighted by Gasteiger charge is 2.28. The third kappa shape index (κ3) is 4.88. The number of rotatable bonds is 7. The lowest BCUT2D eigenvalue weighted by atomic mass is 9.94. The predicted octanol–water partition coefficient (Wildman–Crippen LogP) is 2.98. The van der Waals surface area contributed by atoms with Crippen molar-refractivity contribution in [1.82, 2.24) is 4.90 Å². The SMILES string of the molecule is CCOC(=O)CN(C(=O)C(CC)c1ccccc1)C(C)C. The molecule has 116 valence electrons. The third-order valence-corrected chi connectivity index (χ3v) is 3.42. The molecule has 0 radical (unpaired) electrons. The van der Waals surface area contributed by atoms with Crippen molar-refractivity contribution in [1.29, 1.82) is 0 Å². The maximum atomic E-state index is 12.8. The summed E-state index contributed by atoms with van der Waals surface area (Å²) in [4.78, 5) is 26.1. The van der Waals surface area contributed by atoms with E-state index < -0.39 is 0 Å². The first-order valence-electron chi connectivity index (χ1n) is 7.52. The van der Waals surface area contributed by atoms with Crippen LogP contribution in [0.5, 0.6) is 0 Å². The zero-order chi connectivity index (χ0) is 15.8. The van der Waals surface area contributed by atoms with Gasteiger partial charge in [0.15, 0.2) is 0 Å². The van der Waals surface area contributed by atoms with Gasteiger partial charge in [-0.25, -0.2) is 0 Å². The molecule has 0 heterocycles. The van der Waals surface area contributed by atoms with E-state index in [0.29, 0.717) is 13.0 Å². The number of carbonyl (C=O) groups excluding carboxylic acids is 2. The summed E-state index contributed by atoms with van der Waals surface area (Å²) in [5.74, 6) is -0.600. The van der Waals surface area contributed by atoms with E-state index in [1.807, 2.05) is 51.1 Å². The van der Waals surface area contributed by atoms with Crippen LogP contribution < -0.4 is 0 Å². The summed E-state index contributed by atoms with van der Waals surface area (Å²) in [6, 6.07) is 9.65. The highest BCUT2D eigenvalue weighted by molar-refractivity contribution is 5.87. The van der Waals surface area contributed by atoms with Crippen LogP contribution >= 0.6 is 0 Å². The quantitative estimate of drug-likeness (QED) is 0.726. The van der Waals surface area contributed by atoms with Gasteiger partial charge in [0.05, 0.1) is 12.5 Å². The average Bonchev–Trinajstić information content (AvgIpc) is 2.46. The van der Waals surface area contributed by atoms with Gasteiger partial charge in [0.1, 0.15) is 6.54 Å². The van der Waals surface area contributed by atoms with Crippen LogP contribution in [-0.4, -0.2) is 36.0 Å². The second-order valence-electron chi connectivity index (χ2n) is 5.24. The van der Waals surface area contributed by atoms with E-state index in [-0.39, 0.29) is 30.4 Å². The van der Waals surface area contributed by atoms with Crippen molar-refractivity contribution in [3.05, 3.63) is 35.9 Å². The van der Waals surface area contributed by atoms with Gasteiger partial charge >= 0.3 is 5.97 Å². The van der Waals surface area contributed by atoms with E-state index in [4.69, 9.17) is 4.74 Å². The van der Waals surface area contributed by atoms with Gasteiger partial charge in [-0.05, 0) is 32.8 Å². The van der Waals surface area contributed by atoms with Gasteiger partial charge in [-0.2, -0.15) is 0 Å². The minimum Gasteiger partial charge on any atom is -0.465 e. The molecule has 0 spiro atoms. The zero-order valence-electron chi connectivity index (χ0n) is 13.3. The first-order valence-corrected chi connectivity index (χ1v) is 7.52.